The first-order chi connectivity index (χ1) is 14.8. The molecule has 0 aliphatic carbocycles. The Morgan fingerprint density at radius 1 is 1.03 bits per heavy atom. The molecule has 10 heteroatoms. The quantitative estimate of drug-likeness (QED) is 0.684. The van der Waals surface area contributed by atoms with Crippen molar-refractivity contribution < 1.29 is 27.9 Å². The van der Waals surface area contributed by atoms with Gasteiger partial charge in [0.25, 0.3) is 0 Å². The van der Waals surface area contributed by atoms with Gasteiger partial charge in [-0.15, -0.1) is 0 Å². The van der Waals surface area contributed by atoms with Gasteiger partial charge in [0.15, 0.2) is 0 Å². The molecule has 2 saturated heterocycles. The molecule has 2 aliphatic heterocycles. The Labute approximate surface area is 190 Å². The highest BCUT2D eigenvalue weighted by Crippen LogP contribution is 2.33. The van der Waals surface area contributed by atoms with Crippen LogP contribution in [-0.4, -0.2) is 86.0 Å². The van der Waals surface area contributed by atoms with Gasteiger partial charge in [-0.05, 0) is 45.1 Å². The van der Waals surface area contributed by atoms with E-state index >= 15 is 0 Å². The third-order valence-corrected chi connectivity index (χ3v) is 7.61. The maximum atomic E-state index is 12.3. The van der Waals surface area contributed by atoms with Crippen LogP contribution in [0.5, 0.6) is 0 Å². The van der Waals surface area contributed by atoms with Crippen LogP contribution in [0.3, 0.4) is 0 Å². The molecule has 1 aromatic rings. The number of carboxylic acid groups (broad SMARTS) is 1. The zero-order valence-corrected chi connectivity index (χ0v) is 20.1. The fourth-order valence-electron chi connectivity index (χ4n) is 4.43. The van der Waals surface area contributed by atoms with Crippen molar-refractivity contribution >= 4 is 27.9 Å². The zero-order chi connectivity index (χ0) is 23.7. The highest BCUT2D eigenvalue weighted by molar-refractivity contribution is 7.88. The second-order valence-electron chi connectivity index (χ2n) is 9.69. The van der Waals surface area contributed by atoms with Gasteiger partial charge in [-0.3, -0.25) is 4.90 Å². The van der Waals surface area contributed by atoms with Crippen LogP contribution in [0.4, 0.5) is 15.3 Å². The lowest BCUT2D eigenvalue weighted by atomic mass is 9.90. The van der Waals surface area contributed by atoms with Gasteiger partial charge in [-0.25, -0.2) is 17.5 Å². The van der Waals surface area contributed by atoms with E-state index in [1.165, 1.54) is 10.6 Å². The summed E-state index contributed by atoms with van der Waals surface area (Å²) in [6.07, 6.45) is 1.37. The Kier molecular flexibility index (Phi) is 6.88. The molecule has 1 aromatic carbocycles. The van der Waals surface area contributed by atoms with Crippen molar-refractivity contribution in [2.45, 2.75) is 45.1 Å². The van der Waals surface area contributed by atoms with Gasteiger partial charge in [0, 0.05) is 25.2 Å². The molecule has 0 radical (unpaired) electrons. The number of amides is 2. The Morgan fingerprint density at radius 2 is 1.56 bits per heavy atom. The minimum atomic E-state index is -3.16. The number of hydrogen-bond acceptors (Lipinski definition) is 5. The summed E-state index contributed by atoms with van der Waals surface area (Å²) in [4.78, 5) is 26.2. The van der Waals surface area contributed by atoms with Gasteiger partial charge in [-0.2, -0.15) is 9.28 Å². The molecular formula is C22H34N3O6S+. The molecule has 2 heterocycles. The molecular weight excluding hydrogens is 434 g/mol. The third-order valence-electron chi connectivity index (χ3n) is 6.30. The molecule has 3 rings (SSSR count). The van der Waals surface area contributed by atoms with E-state index in [0.29, 0.717) is 31.9 Å². The molecule has 9 nitrogen and oxygen atoms in total. The SMILES string of the molecule is CC(C)(C)OC(=O)N1CC[N+](C(=O)O)(c2ccc(C3CCN(S(C)(=O)=O)CC3)cc2)CC1. The number of rotatable bonds is 3. The minimum absolute atomic E-state index is 0.230. The normalized spacial score (nSPS) is 20.7. The molecule has 0 unspecified atom stereocenters. The van der Waals surface area contributed by atoms with Gasteiger partial charge in [0.1, 0.15) is 24.4 Å². The number of carbonyl (C=O) groups excluding carboxylic acids is 1. The molecule has 2 amide bonds. The largest absolute Gasteiger partial charge is 0.518 e. The lowest BCUT2D eigenvalue weighted by Gasteiger charge is -2.40. The summed E-state index contributed by atoms with van der Waals surface area (Å²) in [7, 11) is -3.16. The van der Waals surface area contributed by atoms with Crippen LogP contribution in [0.15, 0.2) is 24.3 Å². The van der Waals surface area contributed by atoms with Crippen LogP contribution in [0.25, 0.3) is 0 Å². The van der Waals surface area contributed by atoms with Crippen molar-refractivity contribution in [3.8, 4) is 0 Å². The summed E-state index contributed by atoms with van der Waals surface area (Å²) in [5.41, 5.74) is 1.18. The standard InChI is InChI=1S/C22H33N3O6S/c1-22(2,3)31-20(26)23-13-15-25(16-14-23,21(27)28)19-7-5-17(6-8-19)18-9-11-24(12-10-18)32(4,29)30/h5-8,18H,9-16H2,1-4H3/p+1. The molecule has 2 aliphatic rings. The van der Waals surface area contributed by atoms with Gasteiger partial charge < -0.3 is 9.84 Å². The van der Waals surface area contributed by atoms with E-state index in [2.05, 4.69) is 0 Å². The van der Waals surface area contributed by atoms with Crippen molar-refractivity contribution in [2.75, 3.05) is 45.5 Å². The summed E-state index contributed by atoms with van der Waals surface area (Å²) in [6.45, 7) is 7.54. The molecule has 32 heavy (non-hydrogen) atoms. The first kappa shape index (κ1) is 24.5. The van der Waals surface area contributed by atoms with Crippen LogP contribution in [-0.2, 0) is 14.8 Å². The summed E-state index contributed by atoms with van der Waals surface area (Å²) in [5.74, 6) is 0.254. The van der Waals surface area contributed by atoms with Crippen molar-refractivity contribution in [1.29, 1.82) is 0 Å². The van der Waals surface area contributed by atoms with Crippen molar-refractivity contribution in [1.82, 2.24) is 13.7 Å². The van der Waals surface area contributed by atoms with E-state index in [1.54, 1.807) is 25.7 Å². The Bertz CT molecular complexity index is 939. The van der Waals surface area contributed by atoms with E-state index in [4.69, 9.17) is 4.74 Å². The second kappa shape index (κ2) is 8.99. The van der Waals surface area contributed by atoms with Gasteiger partial charge in [0.2, 0.25) is 10.0 Å². The minimum Gasteiger partial charge on any atom is -0.444 e. The number of benzene rings is 1. The number of piperazine rings is 1. The number of carbonyl (C=O) groups is 2. The molecule has 0 spiro atoms. The zero-order valence-electron chi connectivity index (χ0n) is 19.3. The number of sulfonamides is 1. The second-order valence-corrected chi connectivity index (χ2v) is 11.7. The highest BCUT2D eigenvalue weighted by Gasteiger charge is 2.44. The van der Waals surface area contributed by atoms with Gasteiger partial charge >= 0.3 is 12.2 Å². The van der Waals surface area contributed by atoms with Crippen LogP contribution in [0.2, 0.25) is 0 Å². The monoisotopic (exact) mass is 468 g/mol. The number of ether oxygens (including phenoxy) is 1. The lowest BCUT2D eigenvalue weighted by molar-refractivity contribution is 0.0155. The van der Waals surface area contributed by atoms with Crippen LogP contribution in [0, 0.1) is 0 Å². The maximum Gasteiger partial charge on any atom is 0.518 e. The maximum absolute atomic E-state index is 12.3. The Balaban J connectivity index is 1.68. The smallest absolute Gasteiger partial charge is 0.444 e. The average molecular weight is 469 g/mol. The van der Waals surface area contributed by atoms with Crippen molar-refractivity contribution in [3.05, 3.63) is 29.8 Å². The fourth-order valence-corrected chi connectivity index (χ4v) is 5.30. The Hall–Kier alpha value is -2.17. The summed E-state index contributed by atoms with van der Waals surface area (Å²) in [6, 6.07) is 7.63. The van der Waals surface area contributed by atoms with Crippen molar-refractivity contribution in [3.63, 3.8) is 0 Å². The van der Waals surface area contributed by atoms with Gasteiger partial charge in [0.05, 0.1) is 19.3 Å². The number of quaternary nitrogens is 1. The fraction of sp³-hybridized carbons (Fsp3) is 0.636. The summed E-state index contributed by atoms with van der Waals surface area (Å²) in [5, 5.41) is 10.1. The topological polar surface area (TPSA) is 104 Å². The molecule has 0 saturated carbocycles. The van der Waals surface area contributed by atoms with E-state index in [-0.39, 0.29) is 23.5 Å². The number of nitrogens with zero attached hydrogens (tertiary/aromatic N) is 3. The molecule has 2 fully saturated rings. The molecule has 0 bridgehead atoms. The van der Waals surface area contributed by atoms with Crippen molar-refractivity contribution in [2.24, 2.45) is 0 Å². The van der Waals surface area contributed by atoms with E-state index < -0.39 is 27.8 Å². The molecule has 1 N–H and O–H groups in total. The average Bonchev–Trinajstić information content (AvgIpc) is 2.72. The molecule has 178 valence electrons. The third kappa shape index (κ3) is 5.41. The van der Waals surface area contributed by atoms with Crippen LogP contribution in [0.1, 0.15) is 45.1 Å². The first-order valence-electron chi connectivity index (χ1n) is 11.0. The predicted molar refractivity (Wildman–Crippen MR) is 122 cm³/mol. The number of hydrogen-bond donors (Lipinski definition) is 1. The first-order valence-corrected chi connectivity index (χ1v) is 12.8. The van der Waals surface area contributed by atoms with Crippen LogP contribution < -0.4 is 4.48 Å². The van der Waals surface area contributed by atoms with Crippen LogP contribution >= 0.6 is 0 Å². The predicted octanol–water partition coefficient (Wildman–Crippen LogP) is 3.06. The van der Waals surface area contributed by atoms with E-state index in [9.17, 15) is 23.1 Å². The van der Waals surface area contributed by atoms with E-state index in [0.717, 1.165) is 18.4 Å². The summed E-state index contributed by atoms with van der Waals surface area (Å²) < 4.78 is 30.1. The van der Waals surface area contributed by atoms with Gasteiger partial charge in [-0.1, -0.05) is 12.1 Å². The van der Waals surface area contributed by atoms with E-state index in [1.807, 2.05) is 24.3 Å². The molecule has 0 atom stereocenters. The lowest BCUT2D eigenvalue weighted by Crippen LogP contribution is -2.64. The highest BCUT2D eigenvalue weighted by atomic mass is 32.2. The Morgan fingerprint density at radius 3 is 2.00 bits per heavy atom. The summed E-state index contributed by atoms with van der Waals surface area (Å²) >= 11 is 0. The molecule has 0 aromatic heterocycles. The number of piperidine rings is 1.